The minimum absolute atomic E-state index is 0.175. The summed E-state index contributed by atoms with van der Waals surface area (Å²) in [5, 5.41) is 1.29. The Bertz CT molecular complexity index is 1670. The quantitative estimate of drug-likeness (QED) is 0.220. The number of para-hydroxylation sites is 1. The van der Waals surface area contributed by atoms with E-state index in [0.29, 0.717) is 0 Å². The van der Waals surface area contributed by atoms with Gasteiger partial charge in [0.2, 0.25) is 0 Å². The number of benzene rings is 3. The highest BCUT2D eigenvalue weighted by Crippen LogP contribution is 2.42. The van der Waals surface area contributed by atoms with E-state index in [9.17, 15) is 0 Å². The zero-order chi connectivity index (χ0) is 27.3. The van der Waals surface area contributed by atoms with E-state index in [0.717, 1.165) is 19.3 Å². The Morgan fingerprint density at radius 3 is 2.40 bits per heavy atom. The van der Waals surface area contributed by atoms with Crippen molar-refractivity contribution in [2.24, 2.45) is 0 Å². The van der Waals surface area contributed by atoms with Crippen LogP contribution in [0, 0.1) is 0 Å². The lowest BCUT2D eigenvalue weighted by molar-refractivity contribution is 0.864. The molecule has 0 saturated heterocycles. The molecule has 0 radical (unpaired) electrons. The van der Waals surface area contributed by atoms with Crippen molar-refractivity contribution in [1.82, 2.24) is 4.57 Å². The molecule has 0 bridgehead atoms. The summed E-state index contributed by atoms with van der Waals surface area (Å²) in [6.45, 7) is 4.32. The van der Waals surface area contributed by atoms with Crippen molar-refractivity contribution in [3.05, 3.63) is 156 Å². The first-order valence-corrected chi connectivity index (χ1v) is 14.4. The highest BCUT2D eigenvalue weighted by atomic mass is 15.2. The van der Waals surface area contributed by atoms with Gasteiger partial charge in [-0.3, -0.25) is 0 Å². The molecule has 0 amide bonds. The molecule has 1 unspecified atom stereocenters. The molecule has 0 N–H and O–H groups in total. The van der Waals surface area contributed by atoms with Gasteiger partial charge in [0.1, 0.15) is 0 Å². The largest absolute Gasteiger partial charge is 0.335 e. The van der Waals surface area contributed by atoms with E-state index in [4.69, 9.17) is 0 Å². The number of nitrogens with zero attached hydrogens (tertiary/aromatic N) is 2. The highest BCUT2D eigenvalue weighted by molar-refractivity contribution is 6.03. The standard InChI is InChI=1S/C38H36N2/c1-3-4-8-17-29(2)39(31-20-11-6-12-21-31)33-26-27-35-37(28-33)40(32-22-13-7-14-23-32)36-25-16-15-24-34(38(35)36)30-18-9-5-10-19-30/h3-6,8-13,15-24,26-29H,7,14,25H2,1-2H3/b4-3-,17-8-. The first kappa shape index (κ1) is 25.7. The smallest absolute Gasteiger partial charge is 0.0558 e. The fourth-order valence-corrected chi connectivity index (χ4v) is 5.95. The summed E-state index contributed by atoms with van der Waals surface area (Å²) >= 11 is 0. The van der Waals surface area contributed by atoms with Crippen LogP contribution in [-0.2, 0) is 6.42 Å². The van der Waals surface area contributed by atoms with Crippen LogP contribution in [0.2, 0.25) is 0 Å². The molecule has 0 fully saturated rings. The van der Waals surface area contributed by atoms with Gasteiger partial charge in [-0.1, -0.05) is 109 Å². The lowest BCUT2D eigenvalue weighted by Crippen LogP contribution is -2.26. The third-order valence-corrected chi connectivity index (χ3v) is 7.76. The van der Waals surface area contributed by atoms with Crippen molar-refractivity contribution in [1.29, 1.82) is 0 Å². The zero-order valence-electron chi connectivity index (χ0n) is 23.4. The Morgan fingerprint density at radius 1 is 0.850 bits per heavy atom. The number of fused-ring (bicyclic) bond motifs is 3. The molecule has 0 spiro atoms. The van der Waals surface area contributed by atoms with E-state index in [-0.39, 0.29) is 6.04 Å². The van der Waals surface area contributed by atoms with Crippen molar-refractivity contribution in [3.63, 3.8) is 0 Å². The maximum atomic E-state index is 2.51. The molecule has 1 heterocycles. The molecule has 0 aliphatic heterocycles. The number of hydrogen-bond acceptors (Lipinski definition) is 1. The Morgan fingerprint density at radius 2 is 1.65 bits per heavy atom. The minimum atomic E-state index is 0.175. The van der Waals surface area contributed by atoms with Crippen molar-refractivity contribution >= 4 is 33.5 Å². The van der Waals surface area contributed by atoms with Crippen LogP contribution in [0.1, 0.15) is 43.5 Å². The summed E-state index contributed by atoms with van der Waals surface area (Å²) in [5.74, 6) is 0. The van der Waals surface area contributed by atoms with Gasteiger partial charge in [0, 0.05) is 46.2 Å². The normalized spacial score (nSPS) is 15.8. The summed E-state index contributed by atoms with van der Waals surface area (Å²) in [4.78, 5) is 2.43. The summed E-state index contributed by atoms with van der Waals surface area (Å²) in [5.41, 5.74) is 10.1. The molecule has 6 rings (SSSR count). The molecule has 4 aromatic rings. The van der Waals surface area contributed by atoms with Crippen LogP contribution in [0.25, 0.3) is 22.2 Å². The van der Waals surface area contributed by atoms with Gasteiger partial charge in [-0.2, -0.15) is 0 Å². The van der Waals surface area contributed by atoms with Crippen LogP contribution in [0.3, 0.4) is 0 Å². The average Bonchev–Trinajstić information content (AvgIpc) is 3.15. The lowest BCUT2D eigenvalue weighted by atomic mass is 9.95. The lowest BCUT2D eigenvalue weighted by Gasteiger charge is -2.30. The zero-order valence-corrected chi connectivity index (χ0v) is 23.4. The van der Waals surface area contributed by atoms with E-state index in [1.807, 2.05) is 0 Å². The number of anilines is 2. The van der Waals surface area contributed by atoms with Crippen LogP contribution in [-0.4, -0.2) is 10.6 Å². The fourth-order valence-electron chi connectivity index (χ4n) is 5.95. The second-order valence-corrected chi connectivity index (χ2v) is 10.4. The Hall–Kier alpha value is -4.56. The van der Waals surface area contributed by atoms with Gasteiger partial charge in [-0.15, -0.1) is 0 Å². The molecule has 1 aromatic heterocycles. The molecular formula is C38H36N2. The third kappa shape index (κ3) is 4.94. The van der Waals surface area contributed by atoms with E-state index >= 15 is 0 Å². The molecule has 2 nitrogen and oxygen atoms in total. The van der Waals surface area contributed by atoms with Crippen LogP contribution in [0.5, 0.6) is 0 Å². The monoisotopic (exact) mass is 520 g/mol. The Labute approximate surface area is 238 Å². The van der Waals surface area contributed by atoms with E-state index in [2.05, 4.69) is 163 Å². The van der Waals surface area contributed by atoms with Gasteiger partial charge in [0.15, 0.2) is 0 Å². The van der Waals surface area contributed by atoms with E-state index < -0.39 is 0 Å². The Kier molecular flexibility index (Phi) is 7.50. The van der Waals surface area contributed by atoms with Gasteiger partial charge in [-0.05, 0) is 68.2 Å². The number of hydrogen-bond donors (Lipinski definition) is 0. The van der Waals surface area contributed by atoms with Crippen molar-refractivity contribution in [2.45, 2.75) is 39.2 Å². The molecule has 198 valence electrons. The van der Waals surface area contributed by atoms with Gasteiger partial charge in [-0.25, -0.2) is 0 Å². The molecule has 2 aliphatic rings. The van der Waals surface area contributed by atoms with Crippen LogP contribution < -0.4 is 4.90 Å². The van der Waals surface area contributed by atoms with Crippen LogP contribution in [0.4, 0.5) is 11.4 Å². The van der Waals surface area contributed by atoms with Crippen LogP contribution in [0.15, 0.2) is 140 Å². The summed E-state index contributed by atoms with van der Waals surface area (Å²) in [6, 6.07) is 28.7. The molecule has 40 heavy (non-hydrogen) atoms. The van der Waals surface area contributed by atoms with Crippen molar-refractivity contribution in [2.75, 3.05) is 4.90 Å². The third-order valence-electron chi connectivity index (χ3n) is 7.76. The van der Waals surface area contributed by atoms with E-state index in [1.165, 1.54) is 50.4 Å². The Balaban J connectivity index is 1.59. The second kappa shape index (κ2) is 11.7. The average molecular weight is 521 g/mol. The van der Waals surface area contributed by atoms with Crippen molar-refractivity contribution in [3.8, 4) is 0 Å². The number of aromatic nitrogens is 1. The van der Waals surface area contributed by atoms with Gasteiger partial charge in [0.25, 0.3) is 0 Å². The highest BCUT2D eigenvalue weighted by Gasteiger charge is 2.24. The first-order valence-electron chi connectivity index (χ1n) is 14.4. The molecule has 1 atom stereocenters. The first-order chi connectivity index (χ1) is 19.8. The fraction of sp³-hybridized carbons (Fsp3) is 0.158. The molecular weight excluding hydrogens is 484 g/mol. The predicted molar refractivity (Wildman–Crippen MR) is 173 cm³/mol. The molecule has 2 heteroatoms. The molecule has 3 aromatic carbocycles. The second-order valence-electron chi connectivity index (χ2n) is 10.4. The SMILES string of the molecule is C/C=C\C=C/C(C)N(c1ccccc1)c1ccc2c3c(n(C4=CCCC=C4)c2c1)CC=CC=C3c1ccccc1. The molecule has 0 saturated carbocycles. The van der Waals surface area contributed by atoms with E-state index in [1.54, 1.807) is 0 Å². The van der Waals surface area contributed by atoms with Crippen molar-refractivity contribution < 1.29 is 0 Å². The summed E-state index contributed by atoms with van der Waals surface area (Å²) in [6.07, 6.45) is 25.4. The number of rotatable bonds is 7. The van der Waals surface area contributed by atoms with Gasteiger partial charge >= 0.3 is 0 Å². The predicted octanol–water partition coefficient (Wildman–Crippen LogP) is 10.0. The molecule has 2 aliphatic carbocycles. The number of allylic oxidation sites excluding steroid dienone is 10. The maximum absolute atomic E-state index is 2.51. The van der Waals surface area contributed by atoms with Gasteiger partial charge in [0.05, 0.1) is 5.52 Å². The maximum Gasteiger partial charge on any atom is 0.0558 e. The van der Waals surface area contributed by atoms with Gasteiger partial charge < -0.3 is 9.47 Å². The summed E-state index contributed by atoms with van der Waals surface area (Å²) in [7, 11) is 0. The van der Waals surface area contributed by atoms with Crippen LogP contribution >= 0.6 is 0 Å². The summed E-state index contributed by atoms with van der Waals surface area (Å²) < 4.78 is 2.51. The minimum Gasteiger partial charge on any atom is -0.335 e. The topological polar surface area (TPSA) is 8.17 Å².